The number of hydrogen-bond donors (Lipinski definition) is 2. The molecule has 4 nitrogen and oxygen atoms in total. The molecule has 6 heteroatoms. The van der Waals surface area contributed by atoms with Crippen LogP contribution in [0.25, 0.3) is 0 Å². The normalized spacial score (nSPS) is 10.2. The van der Waals surface area contributed by atoms with Gasteiger partial charge in [-0.25, -0.2) is 8.78 Å². The predicted octanol–water partition coefficient (Wildman–Crippen LogP) is 1.20. The highest BCUT2D eigenvalue weighted by molar-refractivity contribution is 5.75. The number of hydrogen-bond acceptors (Lipinski definition) is 3. The van der Waals surface area contributed by atoms with Crippen LogP contribution in [0.15, 0.2) is 18.2 Å². The minimum atomic E-state index is -0.959. The number of ether oxygens (including phenoxy) is 1. The number of nitrogens with two attached hydrogens (primary N) is 1. The first kappa shape index (κ1) is 14.4. The van der Waals surface area contributed by atoms with Crippen LogP contribution in [0.1, 0.15) is 12.8 Å². The number of amides is 1. The van der Waals surface area contributed by atoms with Gasteiger partial charge in [0.25, 0.3) is 0 Å². The second kappa shape index (κ2) is 7.60. The summed E-state index contributed by atoms with van der Waals surface area (Å²) in [4.78, 5) is 11.2. The lowest BCUT2D eigenvalue weighted by atomic mass is 10.3. The summed E-state index contributed by atoms with van der Waals surface area (Å²) in [5.74, 6) is -1.75. The number of carbonyl (C=O) groups excluding carboxylic acids is 1. The summed E-state index contributed by atoms with van der Waals surface area (Å²) in [6.45, 7) is 0.973. The van der Waals surface area contributed by atoms with Gasteiger partial charge in [0, 0.05) is 12.5 Å². The molecule has 0 saturated heterocycles. The maximum atomic E-state index is 12.8. The number of carbonyl (C=O) groups is 1. The highest BCUT2D eigenvalue weighted by Crippen LogP contribution is 2.14. The molecule has 0 aliphatic rings. The Kier molecular flexibility index (Phi) is 6.07. The van der Waals surface area contributed by atoms with Crippen molar-refractivity contribution in [3.05, 3.63) is 29.8 Å². The fourth-order valence-electron chi connectivity index (χ4n) is 1.28. The molecule has 1 amide bonds. The maximum Gasteiger partial charge on any atom is 0.220 e. The van der Waals surface area contributed by atoms with E-state index in [0.29, 0.717) is 25.9 Å². The van der Waals surface area contributed by atoms with Crippen LogP contribution in [0, 0.1) is 11.6 Å². The molecule has 0 aromatic heterocycles. The van der Waals surface area contributed by atoms with Crippen LogP contribution < -0.4 is 15.8 Å². The molecule has 1 aromatic rings. The summed E-state index contributed by atoms with van der Waals surface area (Å²) in [6, 6.07) is 3.28. The van der Waals surface area contributed by atoms with Gasteiger partial charge in [-0.1, -0.05) is 0 Å². The summed E-state index contributed by atoms with van der Waals surface area (Å²) in [6.07, 6.45) is 1.01. The Balaban J connectivity index is 2.21. The number of benzene rings is 1. The maximum absolute atomic E-state index is 12.8. The van der Waals surface area contributed by atoms with Gasteiger partial charge in [0.2, 0.25) is 5.91 Å². The monoisotopic (exact) mass is 258 g/mol. The lowest BCUT2D eigenvalue weighted by Crippen LogP contribution is -2.28. The quantitative estimate of drug-likeness (QED) is 0.722. The van der Waals surface area contributed by atoms with Crippen molar-refractivity contribution in [1.29, 1.82) is 0 Å². The van der Waals surface area contributed by atoms with E-state index >= 15 is 0 Å². The van der Waals surface area contributed by atoms with E-state index in [-0.39, 0.29) is 18.3 Å². The summed E-state index contributed by atoms with van der Waals surface area (Å²) in [5, 5.41) is 2.63. The fraction of sp³-hybridized carbons (Fsp3) is 0.417. The van der Waals surface area contributed by atoms with Gasteiger partial charge in [0.05, 0.1) is 6.54 Å². The average molecular weight is 258 g/mol. The van der Waals surface area contributed by atoms with Crippen LogP contribution in [-0.4, -0.2) is 25.6 Å². The van der Waals surface area contributed by atoms with Gasteiger partial charge in [-0.15, -0.1) is 0 Å². The summed E-state index contributed by atoms with van der Waals surface area (Å²) >= 11 is 0. The van der Waals surface area contributed by atoms with E-state index in [1.165, 1.54) is 6.07 Å². The van der Waals surface area contributed by atoms with Gasteiger partial charge in [0.15, 0.2) is 11.6 Å². The van der Waals surface area contributed by atoms with Crippen molar-refractivity contribution >= 4 is 5.91 Å². The molecule has 3 N–H and O–H groups in total. The zero-order valence-corrected chi connectivity index (χ0v) is 9.92. The first-order valence-electron chi connectivity index (χ1n) is 5.68. The van der Waals surface area contributed by atoms with E-state index in [9.17, 15) is 13.6 Å². The molecule has 1 aromatic carbocycles. The van der Waals surface area contributed by atoms with Gasteiger partial charge in [0.1, 0.15) is 12.4 Å². The molecule has 0 atom stereocenters. The van der Waals surface area contributed by atoms with Gasteiger partial charge in [-0.2, -0.15) is 0 Å². The molecule has 0 saturated carbocycles. The Labute approximate surface area is 104 Å². The third-order valence-corrected chi connectivity index (χ3v) is 2.19. The fourth-order valence-corrected chi connectivity index (χ4v) is 1.28. The van der Waals surface area contributed by atoms with Crippen LogP contribution in [-0.2, 0) is 4.79 Å². The first-order chi connectivity index (χ1) is 8.63. The summed E-state index contributed by atoms with van der Waals surface area (Å²) < 4.78 is 30.6. The van der Waals surface area contributed by atoms with Crippen molar-refractivity contribution in [1.82, 2.24) is 5.32 Å². The highest BCUT2D eigenvalue weighted by atomic mass is 19.2. The third-order valence-electron chi connectivity index (χ3n) is 2.19. The van der Waals surface area contributed by atoms with E-state index in [1.807, 2.05) is 0 Å². The van der Waals surface area contributed by atoms with E-state index < -0.39 is 11.6 Å². The van der Waals surface area contributed by atoms with Crippen LogP contribution in [0.5, 0.6) is 5.75 Å². The zero-order chi connectivity index (χ0) is 13.4. The SMILES string of the molecule is NCCCC(=O)NCCOc1ccc(F)c(F)c1. The number of rotatable bonds is 7. The molecule has 0 bridgehead atoms. The van der Waals surface area contributed by atoms with E-state index in [1.54, 1.807) is 0 Å². The lowest BCUT2D eigenvalue weighted by Gasteiger charge is -2.07. The van der Waals surface area contributed by atoms with Crippen molar-refractivity contribution in [2.24, 2.45) is 5.73 Å². The predicted molar refractivity (Wildman–Crippen MR) is 63.2 cm³/mol. The Bertz CT molecular complexity index is 400. The molecule has 0 radical (unpaired) electrons. The van der Waals surface area contributed by atoms with Crippen molar-refractivity contribution in [3.8, 4) is 5.75 Å². The minimum absolute atomic E-state index is 0.102. The molecular formula is C12H16F2N2O2. The molecular weight excluding hydrogens is 242 g/mol. The smallest absolute Gasteiger partial charge is 0.220 e. The lowest BCUT2D eigenvalue weighted by molar-refractivity contribution is -0.121. The highest BCUT2D eigenvalue weighted by Gasteiger charge is 2.03. The molecule has 0 unspecified atom stereocenters. The molecule has 100 valence electrons. The first-order valence-corrected chi connectivity index (χ1v) is 5.68. The van der Waals surface area contributed by atoms with Crippen LogP contribution in [0.2, 0.25) is 0 Å². The zero-order valence-electron chi connectivity index (χ0n) is 9.92. The van der Waals surface area contributed by atoms with Crippen molar-refractivity contribution in [2.45, 2.75) is 12.8 Å². The molecule has 0 aliphatic heterocycles. The summed E-state index contributed by atoms with van der Waals surface area (Å²) in [7, 11) is 0. The largest absolute Gasteiger partial charge is 0.492 e. The molecule has 1 rings (SSSR count). The second-order valence-corrected chi connectivity index (χ2v) is 3.67. The Morgan fingerprint density at radius 1 is 1.33 bits per heavy atom. The average Bonchev–Trinajstić information content (AvgIpc) is 2.36. The van der Waals surface area contributed by atoms with Gasteiger partial charge in [-0.3, -0.25) is 4.79 Å². The molecule has 0 fully saturated rings. The summed E-state index contributed by atoms with van der Waals surface area (Å²) in [5.41, 5.74) is 5.26. The molecule has 0 heterocycles. The van der Waals surface area contributed by atoms with Gasteiger partial charge < -0.3 is 15.8 Å². The number of halogens is 2. The van der Waals surface area contributed by atoms with E-state index in [4.69, 9.17) is 10.5 Å². The van der Waals surface area contributed by atoms with Crippen LogP contribution in [0.3, 0.4) is 0 Å². The van der Waals surface area contributed by atoms with Crippen LogP contribution >= 0.6 is 0 Å². The number of nitrogens with one attached hydrogen (secondary N) is 1. The van der Waals surface area contributed by atoms with Crippen molar-refractivity contribution in [3.63, 3.8) is 0 Å². The van der Waals surface area contributed by atoms with E-state index in [2.05, 4.69) is 5.32 Å². The molecule has 18 heavy (non-hydrogen) atoms. The molecule has 0 spiro atoms. The topological polar surface area (TPSA) is 64.4 Å². The van der Waals surface area contributed by atoms with Gasteiger partial charge >= 0.3 is 0 Å². The Morgan fingerprint density at radius 3 is 2.78 bits per heavy atom. The Hall–Kier alpha value is -1.69. The van der Waals surface area contributed by atoms with E-state index in [0.717, 1.165) is 12.1 Å². The standard InChI is InChI=1S/C12H16F2N2O2/c13-10-4-3-9(8-11(10)14)18-7-6-16-12(17)2-1-5-15/h3-4,8H,1-2,5-7,15H2,(H,16,17). The van der Waals surface area contributed by atoms with Crippen LogP contribution in [0.4, 0.5) is 8.78 Å². The third kappa shape index (κ3) is 5.09. The van der Waals surface area contributed by atoms with Crippen molar-refractivity contribution in [2.75, 3.05) is 19.7 Å². The minimum Gasteiger partial charge on any atom is -0.492 e. The van der Waals surface area contributed by atoms with Gasteiger partial charge in [-0.05, 0) is 25.1 Å². The van der Waals surface area contributed by atoms with Crippen molar-refractivity contribution < 1.29 is 18.3 Å². The molecule has 0 aliphatic carbocycles. The Morgan fingerprint density at radius 2 is 2.11 bits per heavy atom. The second-order valence-electron chi connectivity index (χ2n) is 3.67.